The molecule has 2 aromatic carbocycles. The van der Waals surface area contributed by atoms with Crippen LogP contribution in [0.3, 0.4) is 0 Å². The lowest BCUT2D eigenvalue weighted by atomic mass is 10.2. The maximum Gasteiger partial charge on any atom is 0.265 e. The summed E-state index contributed by atoms with van der Waals surface area (Å²) in [6.45, 7) is 1.70. The number of nitrogens with two attached hydrogens (primary N) is 1. The first-order valence-corrected chi connectivity index (χ1v) is 6.62. The molecule has 0 heterocycles. The van der Waals surface area contributed by atoms with Crippen LogP contribution >= 0.6 is 0 Å². The Labute approximate surface area is 122 Å². The van der Waals surface area contributed by atoms with Gasteiger partial charge < -0.3 is 15.8 Å². The van der Waals surface area contributed by atoms with E-state index in [1.165, 1.54) is 6.07 Å². The third kappa shape index (κ3) is 3.79. The third-order valence-corrected chi connectivity index (χ3v) is 2.97. The van der Waals surface area contributed by atoms with Crippen LogP contribution in [0, 0.1) is 5.82 Å². The van der Waals surface area contributed by atoms with Gasteiger partial charge in [-0.25, -0.2) is 4.39 Å². The number of rotatable bonds is 5. The molecule has 0 aliphatic rings. The normalized spacial score (nSPS) is 11.8. The van der Waals surface area contributed by atoms with Crippen molar-refractivity contribution >= 4 is 11.6 Å². The molecule has 0 saturated heterocycles. The molecule has 0 aliphatic heterocycles. The molecule has 1 unspecified atom stereocenters. The Balaban J connectivity index is 2.08. The number of hydrogen-bond acceptors (Lipinski definition) is 3. The summed E-state index contributed by atoms with van der Waals surface area (Å²) in [6.07, 6.45) is -0.840. The number of amides is 1. The lowest BCUT2D eigenvalue weighted by Crippen LogP contribution is -2.30. The SMILES string of the molecule is CC(Oc1c(F)cccc1CN)C(=O)Nc1ccccc1. The number of para-hydroxylation sites is 2. The van der Waals surface area contributed by atoms with Crippen molar-refractivity contribution in [3.63, 3.8) is 0 Å². The molecule has 5 heteroatoms. The Kier molecular flexibility index (Phi) is 4.90. The second-order valence-electron chi connectivity index (χ2n) is 4.55. The predicted molar refractivity (Wildman–Crippen MR) is 79.5 cm³/mol. The number of anilines is 1. The molecule has 3 N–H and O–H groups in total. The minimum Gasteiger partial charge on any atom is -0.477 e. The lowest BCUT2D eigenvalue weighted by molar-refractivity contribution is -0.122. The third-order valence-electron chi connectivity index (χ3n) is 2.97. The average molecular weight is 288 g/mol. The molecule has 0 radical (unpaired) electrons. The van der Waals surface area contributed by atoms with E-state index < -0.39 is 11.9 Å². The Morgan fingerprint density at radius 3 is 2.62 bits per heavy atom. The molecule has 1 amide bonds. The van der Waals surface area contributed by atoms with Crippen LogP contribution in [0.1, 0.15) is 12.5 Å². The number of benzene rings is 2. The molecule has 2 rings (SSSR count). The summed E-state index contributed by atoms with van der Waals surface area (Å²) in [5, 5.41) is 2.70. The Bertz CT molecular complexity index is 617. The van der Waals surface area contributed by atoms with Crippen molar-refractivity contribution in [2.75, 3.05) is 5.32 Å². The molecule has 0 saturated carbocycles. The van der Waals surface area contributed by atoms with E-state index in [0.717, 1.165) is 0 Å². The summed E-state index contributed by atoms with van der Waals surface area (Å²) >= 11 is 0. The fourth-order valence-corrected chi connectivity index (χ4v) is 1.84. The topological polar surface area (TPSA) is 64.3 Å². The van der Waals surface area contributed by atoms with Crippen molar-refractivity contribution in [3.8, 4) is 5.75 Å². The summed E-state index contributed by atoms with van der Waals surface area (Å²) in [4.78, 5) is 12.0. The molecule has 0 spiro atoms. The fourth-order valence-electron chi connectivity index (χ4n) is 1.84. The van der Waals surface area contributed by atoms with Crippen LogP contribution in [0.4, 0.5) is 10.1 Å². The van der Waals surface area contributed by atoms with Gasteiger partial charge in [0.15, 0.2) is 17.7 Å². The zero-order valence-corrected chi connectivity index (χ0v) is 11.7. The zero-order valence-electron chi connectivity index (χ0n) is 11.7. The summed E-state index contributed by atoms with van der Waals surface area (Å²) in [7, 11) is 0. The van der Waals surface area contributed by atoms with Crippen molar-refractivity contribution in [2.24, 2.45) is 5.73 Å². The molecule has 0 fully saturated rings. The van der Waals surface area contributed by atoms with E-state index in [0.29, 0.717) is 11.3 Å². The van der Waals surface area contributed by atoms with Gasteiger partial charge in [-0.1, -0.05) is 30.3 Å². The number of carbonyl (C=O) groups excluding carboxylic acids is 1. The van der Waals surface area contributed by atoms with E-state index in [4.69, 9.17) is 10.5 Å². The molecule has 2 aromatic rings. The minimum atomic E-state index is -0.840. The average Bonchev–Trinajstić information content (AvgIpc) is 2.50. The van der Waals surface area contributed by atoms with Crippen LogP contribution in [0.25, 0.3) is 0 Å². The van der Waals surface area contributed by atoms with Crippen molar-refractivity contribution < 1.29 is 13.9 Å². The van der Waals surface area contributed by atoms with Gasteiger partial charge in [0.25, 0.3) is 5.91 Å². The summed E-state index contributed by atoms with van der Waals surface area (Å²) in [6, 6.07) is 13.5. The van der Waals surface area contributed by atoms with Gasteiger partial charge in [0.1, 0.15) is 0 Å². The van der Waals surface area contributed by atoms with Gasteiger partial charge in [-0.15, -0.1) is 0 Å². The van der Waals surface area contributed by atoms with E-state index in [1.54, 1.807) is 31.2 Å². The highest BCUT2D eigenvalue weighted by Crippen LogP contribution is 2.23. The summed E-state index contributed by atoms with van der Waals surface area (Å²) < 4.78 is 19.2. The first kappa shape index (κ1) is 15.0. The smallest absolute Gasteiger partial charge is 0.265 e. The van der Waals surface area contributed by atoms with Crippen LogP contribution in [0.2, 0.25) is 0 Å². The highest BCUT2D eigenvalue weighted by atomic mass is 19.1. The van der Waals surface area contributed by atoms with Crippen molar-refractivity contribution in [1.82, 2.24) is 0 Å². The van der Waals surface area contributed by atoms with Crippen LogP contribution in [0.15, 0.2) is 48.5 Å². The number of ether oxygens (including phenoxy) is 1. The molecule has 0 bridgehead atoms. The first-order valence-electron chi connectivity index (χ1n) is 6.62. The molecule has 0 aliphatic carbocycles. The standard InChI is InChI=1S/C16H17FN2O2/c1-11(16(20)19-13-7-3-2-4-8-13)21-15-12(10-18)6-5-9-14(15)17/h2-9,11H,10,18H2,1H3,(H,19,20). The minimum absolute atomic E-state index is 0.0238. The number of nitrogens with one attached hydrogen (secondary N) is 1. The molecule has 0 aromatic heterocycles. The number of halogens is 1. The zero-order chi connectivity index (χ0) is 15.2. The van der Waals surface area contributed by atoms with E-state index >= 15 is 0 Å². The van der Waals surface area contributed by atoms with Gasteiger partial charge in [0.2, 0.25) is 0 Å². The Hall–Kier alpha value is -2.40. The van der Waals surface area contributed by atoms with E-state index in [9.17, 15) is 9.18 Å². The first-order chi connectivity index (χ1) is 10.1. The van der Waals surface area contributed by atoms with Crippen LogP contribution < -0.4 is 15.8 Å². The number of hydrogen-bond donors (Lipinski definition) is 2. The Morgan fingerprint density at radius 1 is 1.24 bits per heavy atom. The molecule has 21 heavy (non-hydrogen) atoms. The van der Waals surface area contributed by atoms with Crippen molar-refractivity contribution in [3.05, 3.63) is 59.9 Å². The maximum absolute atomic E-state index is 13.8. The van der Waals surface area contributed by atoms with Gasteiger partial charge in [-0.3, -0.25) is 4.79 Å². The van der Waals surface area contributed by atoms with Gasteiger partial charge in [-0.05, 0) is 25.1 Å². The van der Waals surface area contributed by atoms with E-state index in [1.807, 2.05) is 18.2 Å². The quantitative estimate of drug-likeness (QED) is 0.889. The Morgan fingerprint density at radius 2 is 1.95 bits per heavy atom. The van der Waals surface area contributed by atoms with Crippen LogP contribution in [-0.4, -0.2) is 12.0 Å². The maximum atomic E-state index is 13.8. The van der Waals surface area contributed by atoms with Gasteiger partial charge in [0, 0.05) is 17.8 Å². The van der Waals surface area contributed by atoms with Crippen molar-refractivity contribution in [2.45, 2.75) is 19.6 Å². The molecular weight excluding hydrogens is 271 g/mol. The van der Waals surface area contributed by atoms with Gasteiger partial charge >= 0.3 is 0 Å². The monoisotopic (exact) mass is 288 g/mol. The summed E-state index contributed by atoms with van der Waals surface area (Å²) in [5.74, 6) is -0.861. The fraction of sp³-hybridized carbons (Fsp3) is 0.188. The van der Waals surface area contributed by atoms with Gasteiger partial charge in [-0.2, -0.15) is 0 Å². The van der Waals surface area contributed by atoms with Gasteiger partial charge in [0.05, 0.1) is 0 Å². The van der Waals surface area contributed by atoms with E-state index in [2.05, 4.69) is 5.32 Å². The number of carbonyl (C=O) groups is 1. The largest absolute Gasteiger partial charge is 0.477 e. The van der Waals surface area contributed by atoms with Crippen LogP contribution in [-0.2, 0) is 11.3 Å². The highest BCUT2D eigenvalue weighted by Gasteiger charge is 2.18. The molecule has 110 valence electrons. The summed E-state index contributed by atoms with van der Waals surface area (Å²) in [5.41, 5.74) is 6.73. The molecule has 1 atom stereocenters. The van der Waals surface area contributed by atoms with Crippen molar-refractivity contribution in [1.29, 1.82) is 0 Å². The lowest BCUT2D eigenvalue weighted by Gasteiger charge is -2.17. The predicted octanol–water partition coefficient (Wildman–Crippen LogP) is 2.69. The molecule has 4 nitrogen and oxygen atoms in total. The highest BCUT2D eigenvalue weighted by molar-refractivity contribution is 5.94. The van der Waals surface area contributed by atoms with Crippen LogP contribution in [0.5, 0.6) is 5.75 Å². The van der Waals surface area contributed by atoms with E-state index in [-0.39, 0.29) is 18.2 Å². The second kappa shape index (κ2) is 6.85. The molecular formula is C16H17FN2O2. The second-order valence-corrected chi connectivity index (χ2v) is 4.55.